The molecular formula is C20H24N2O6S. The summed E-state index contributed by atoms with van der Waals surface area (Å²) >= 11 is 1.46. The van der Waals surface area contributed by atoms with Gasteiger partial charge in [-0.15, -0.1) is 11.3 Å². The standard InChI is InChI=1S/C20H24N2O6S/c1-5-21-19(24)12(2)28-20(25)14-10-16(26-3)17(27-4)11-15(14)22-18(23)9-13-7-6-8-29-13/h6-8,10-12H,5,9H2,1-4H3,(H,21,24)(H,22,23)/t12-/m1/s1. The van der Waals surface area contributed by atoms with Crippen LogP contribution in [0.3, 0.4) is 0 Å². The van der Waals surface area contributed by atoms with E-state index in [1.807, 2.05) is 17.5 Å². The average Bonchev–Trinajstić information content (AvgIpc) is 3.20. The molecule has 0 saturated carbocycles. The fraction of sp³-hybridized carbons (Fsp3) is 0.350. The van der Waals surface area contributed by atoms with Gasteiger partial charge in [-0.1, -0.05) is 6.07 Å². The zero-order valence-electron chi connectivity index (χ0n) is 16.7. The Morgan fingerprint density at radius 3 is 2.41 bits per heavy atom. The van der Waals surface area contributed by atoms with Gasteiger partial charge >= 0.3 is 5.97 Å². The van der Waals surface area contributed by atoms with E-state index in [0.29, 0.717) is 18.0 Å². The zero-order chi connectivity index (χ0) is 21.4. The van der Waals surface area contributed by atoms with Crippen LogP contribution in [0.2, 0.25) is 0 Å². The monoisotopic (exact) mass is 420 g/mol. The van der Waals surface area contributed by atoms with Crippen molar-refractivity contribution >= 4 is 34.8 Å². The van der Waals surface area contributed by atoms with Crippen LogP contribution in [-0.4, -0.2) is 44.7 Å². The van der Waals surface area contributed by atoms with E-state index in [1.165, 1.54) is 44.6 Å². The summed E-state index contributed by atoms with van der Waals surface area (Å²) in [4.78, 5) is 37.9. The molecule has 0 aliphatic carbocycles. The third kappa shape index (κ3) is 5.95. The Bertz CT molecular complexity index is 866. The number of benzene rings is 1. The number of likely N-dealkylation sites (N-methyl/N-ethyl adjacent to an activating group) is 1. The third-order valence-corrected chi connectivity index (χ3v) is 4.81. The second-order valence-corrected chi connectivity index (χ2v) is 7.03. The second kappa shape index (κ2) is 10.5. The maximum absolute atomic E-state index is 12.7. The van der Waals surface area contributed by atoms with Gasteiger partial charge in [0.05, 0.1) is 31.9 Å². The molecule has 0 unspecified atom stereocenters. The Hall–Kier alpha value is -3.07. The summed E-state index contributed by atoms with van der Waals surface area (Å²) < 4.78 is 15.8. The molecule has 1 aromatic heterocycles. The van der Waals surface area contributed by atoms with Crippen molar-refractivity contribution in [3.63, 3.8) is 0 Å². The van der Waals surface area contributed by atoms with E-state index in [9.17, 15) is 14.4 Å². The van der Waals surface area contributed by atoms with Crippen LogP contribution < -0.4 is 20.1 Å². The third-order valence-electron chi connectivity index (χ3n) is 3.94. The number of amides is 2. The molecule has 29 heavy (non-hydrogen) atoms. The van der Waals surface area contributed by atoms with Crippen LogP contribution >= 0.6 is 11.3 Å². The van der Waals surface area contributed by atoms with Crippen LogP contribution in [0, 0.1) is 0 Å². The number of hydrogen-bond acceptors (Lipinski definition) is 7. The Labute approximate surface area is 173 Å². The highest BCUT2D eigenvalue weighted by Gasteiger charge is 2.24. The summed E-state index contributed by atoms with van der Waals surface area (Å²) in [7, 11) is 2.88. The van der Waals surface area contributed by atoms with Gasteiger partial charge in [0.25, 0.3) is 5.91 Å². The Balaban J connectivity index is 2.29. The first-order chi connectivity index (χ1) is 13.9. The number of carbonyl (C=O) groups excluding carboxylic acids is 3. The largest absolute Gasteiger partial charge is 0.493 e. The number of carbonyl (C=O) groups is 3. The quantitative estimate of drug-likeness (QED) is 0.605. The molecule has 8 nitrogen and oxygen atoms in total. The summed E-state index contributed by atoms with van der Waals surface area (Å²) in [5.41, 5.74) is 0.260. The predicted octanol–water partition coefficient (Wildman–Crippen LogP) is 2.63. The highest BCUT2D eigenvalue weighted by atomic mass is 32.1. The van der Waals surface area contributed by atoms with Crippen molar-refractivity contribution in [3.05, 3.63) is 40.1 Å². The van der Waals surface area contributed by atoms with Crippen LogP contribution in [0.15, 0.2) is 29.6 Å². The van der Waals surface area contributed by atoms with E-state index in [-0.39, 0.29) is 23.6 Å². The van der Waals surface area contributed by atoms with Crippen molar-refractivity contribution < 1.29 is 28.6 Å². The van der Waals surface area contributed by atoms with Crippen LogP contribution in [0.25, 0.3) is 0 Å². The zero-order valence-corrected chi connectivity index (χ0v) is 17.6. The van der Waals surface area contributed by atoms with Crippen molar-refractivity contribution in [2.45, 2.75) is 26.4 Å². The van der Waals surface area contributed by atoms with Crippen LogP contribution in [0.5, 0.6) is 11.5 Å². The highest BCUT2D eigenvalue weighted by Crippen LogP contribution is 2.34. The highest BCUT2D eigenvalue weighted by molar-refractivity contribution is 7.10. The van der Waals surface area contributed by atoms with Gasteiger partial charge < -0.3 is 24.8 Å². The van der Waals surface area contributed by atoms with E-state index in [4.69, 9.17) is 14.2 Å². The first-order valence-electron chi connectivity index (χ1n) is 8.96. The number of ether oxygens (including phenoxy) is 3. The minimum Gasteiger partial charge on any atom is -0.493 e. The molecule has 0 bridgehead atoms. The lowest BCUT2D eigenvalue weighted by molar-refractivity contribution is -0.129. The lowest BCUT2D eigenvalue weighted by Gasteiger charge is -2.17. The van der Waals surface area contributed by atoms with Crippen LogP contribution in [0.1, 0.15) is 29.1 Å². The first-order valence-corrected chi connectivity index (χ1v) is 9.84. The van der Waals surface area contributed by atoms with Crippen molar-refractivity contribution in [1.82, 2.24) is 5.32 Å². The number of methoxy groups -OCH3 is 2. The minimum atomic E-state index is -0.995. The summed E-state index contributed by atoms with van der Waals surface area (Å²) in [6.45, 7) is 3.65. The SMILES string of the molecule is CCNC(=O)[C@@H](C)OC(=O)c1cc(OC)c(OC)cc1NC(=O)Cc1cccs1. The first kappa shape index (κ1) is 22.2. The van der Waals surface area contributed by atoms with Crippen LogP contribution in [0.4, 0.5) is 5.69 Å². The van der Waals surface area contributed by atoms with Crippen molar-refractivity contribution in [1.29, 1.82) is 0 Å². The van der Waals surface area contributed by atoms with E-state index in [0.717, 1.165) is 4.88 Å². The van der Waals surface area contributed by atoms with Gasteiger partial charge in [0.15, 0.2) is 17.6 Å². The molecule has 0 radical (unpaired) electrons. The maximum Gasteiger partial charge on any atom is 0.341 e. The lowest BCUT2D eigenvalue weighted by atomic mass is 10.1. The van der Waals surface area contributed by atoms with E-state index in [1.54, 1.807) is 6.92 Å². The van der Waals surface area contributed by atoms with Gasteiger partial charge in [0.2, 0.25) is 5.91 Å². The molecule has 2 N–H and O–H groups in total. The molecule has 0 fully saturated rings. The van der Waals surface area contributed by atoms with Gasteiger partial charge in [-0.05, 0) is 25.3 Å². The predicted molar refractivity (Wildman–Crippen MR) is 110 cm³/mol. The number of hydrogen-bond donors (Lipinski definition) is 2. The van der Waals surface area contributed by atoms with E-state index < -0.39 is 18.0 Å². The van der Waals surface area contributed by atoms with Crippen LogP contribution in [-0.2, 0) is 20.7 Å². The van der Waals surface area contributed by atoms with E-state index in [2.05, 4.69) is 10.6 Å². The van der Waals surface area contributed by atoms with Gasteiger partial charge in [-0.2, -0.15) is 0 Å². The number of thiophene rings is 1. The number of rotatable bonds is 9. The Morgan fingerprint density at radius 1 is 1.14 bits per heavy atom. The van der Waals surface area contributed by atoms with Crippen molar-refractivity contribution in [3.8, 4) is 11.5 Å². The van der Waals surface area contributed by atoms with E-state index >= 15 is 0 Å². The summed E-state index contributed by atoms with van der Waals surface area (Å²) in [6, 6.07) is 6.60. The molecule has 2 aromatic rings. The lowest BCUT2D eigenvalue weighted by Crippen LogP contribution is -2.35. The van der Waals surface area contributed by atoms with Gasteiger partial charge in [0.1, 0.15) is 0 Å². The fourth-order valence-corrected chi connectivity index (χ4v) is 3.22. The molecule has 156 valence electrons. The molecule has 0 saturated heterocycles. The smallest absolute Gasteiger partial charge is 0.341 e. The fourth-order valence-electron chi connectivity index (χ4n) is 2.51. The molecular weight excluding hydrogens is 396 g/mol. The average molecular weight is 420 g/mol. The maximum atomic E-state index is 12.7. The van der Waals surface area contributed by atoms with Gasteiger partial charge in [0, 0.05) is 23.6 Å². The Morgan fingerprint density at radius 2 is 1.83 bits per heavy atom. The number of nitrogens with one attached hydrogen (secondary N) is 2. The second-order valence-electron chi connectivity index (χ2n) is 6.00. The number of anilines is 1. The molecule has 2 rings (SSSR count). The molecule has 0 aliphatic rings. The van der Waals surface area contributed by atoms with Crippen molar-refractivity contribution in [2.24, 2.45) is 0 Å². The molecule has 9 heteroatoms. The summed E-state index contributed by atoms with van der Waals surface area (Å²) in [6.07, 6.45) is -0.833. The topological polar surface area (TPSA) is 103 Å². The number of esters is 1. The normalized spacial score (nSPS) is 11.3. The molecule has 0 spiro atoms. The van der Waals surface area contributed by atoms with Crippen molar-refractivity contribution in [2.75, 3.05) is 26.1 Å². The molecule has 2 amide bonds. The molecule has 1 heterocycles. The summed E-state index contributed by atoms with van der Waals surface area (Å²) in [5.74, 6) is -0.847. The molecule has 1 aromatic carbocycles. The Kier molecular flexibility index (Phi) is 8.02. The molecule has 1 atom stereocenters. The van der Waals surface area contributed by atoms with Gasteiger partial charge in [-0.25, -0.2) is 4.79 Å². The summed E-state index contributed by atoms with van der Waals surface area (Å²) in [5, 5.41) is 7.18. The molecule has 0 aliphatic heterocycles. The minimum absolute atomic E-state index is 0.0540. The van der Waals surface area contributed by atoms with Gasteiger partial charge in [-0.3, -0.25) is 9.59 Å².